The molecule has 0 aromatic heterocycles. The van der Waals surface area contributed by atoms with Gasteiger partial charge >= 0.3 is 0 Å². The molecule has 21 heavy (non-hydrogen) atoms. The third kappa shape index (κ3) is 2.60. The largest absolute Gasteiger partial charge is 0.0841 e. The molecule has 0 unspecified atom stereocenters. The Hall–Kier alpha value is -0.303. The molecule has 0 aromatic carbocycles. The topological polar surface area (TPSA) is 0 Å². The lowest BCUT2D eigenvalue weighted by molar-refractivity contribution is 0.562. The second kappa shape index (κ2) is 6.06. The second-order valence-corrected chi connectivity index (χ2v) is 9.46. The lowest BCUT2D eigenvalue weighted by atomic mass is 9.81. The summed E-state index contributed by atoms with van der Waals surface area (Å²) in [6.45, 7) is 0. The average Bonchev–Trinajstić information content (AvgIpc) is 3.26. The van der Waals surface area contributed by atoms with Gasteiger partial charge in [-0.05, 0) is 73.8 Å². The van der Waals surface area contributed by atoms with Gasteiger partial charge in [0.25, 0.3) is 0 Å². The fourth-order valence-corrected chi connectivity index (χ4v) is 7.06. The Morgan fingerprint density at radius 2 is 1.00 bits per heavy atom. The fourth-order valence-electron chi connectivity index (χ4n) is 6.00. The highest BCUT2D eigenvalue weighted by molar-refractivity contribution is 6.23. The van der Waals surface area contributed by atoms with Crippen LogP contribution >= 0.6 is 0 Å². The van der Waals surface area contributed by atoms with Gasteiger partial charge in [-0.15, -0.1) is 0 Å². The molecule has 0 saturated heterocycles. The highest BCUT2D eigenvalue weighted by Gasteiger charge is 2.37. The van der Waals surface area contributed by atoms with Crippen molar-refractivity contribution in [1.29, 1.82) is 0 Å². The molecule has 0 spiro atoms. The van der Waals surface area contributed by atoms with E-state index in [1.807, 2.05) is 21.9 Å². The van der Waals surface area contributed by atoms with Crippen LogP contribution in [-0.2, 0) is 0 Å². The van der Waals surface area contributed by atoms with Crippen LogP contribution in [0.25, 0.3) is 0 Å². The van der Waals surface area contributed by atoms with Crippen LogP contribution in [0.15, 0.2) is 21.9 Å². The Morgan fingerprint density at radius 1 is 0.571 bits per heavy atom. The fraction of sp³-hybridized carbons (Fsp3) is 0.800. The SMILES string of the molecule is [SiH3]C1=C(C2CCCC2)C(C2CCCC2)=C(C2CCCC2)C1. The van der Waals surface area contributed by atoms with Gasteiger partial charge in [-0.1, -0.05) is 49.3 Å². The van der Waals surface area contributed by atoms with Gasteiger partial charge in [-0.3, -0.25) is 0 Å². The Bertz CT molecular complexity index is 452. The van der Waals surface area contributed by atoms with Crippen LogP contribution in [-0.4, -0.2) is 10.2 Å². The molecule has 4 aliphatic rings. The van der Waals surface area contributed by atoms with E-state index in [1.54, 1.807) is 0 Å². The zero-order valence-corrected chi connectivity index (χ0v) is 15.9. The van der Waals surface area contributed by atoms with Crippen LogP contribution in [0.2, 0.25) is 0 Å². The van der Waals surface area contributed by atoms with Gasteiger partial charge in [-0.25, -0.2) is 0 Å². The van der Waals surface area contributed by atoms with E-state index in [1.165, 1.54) is 93.7 Å². The predicted molar refractivity (Wildman–Crippen MR) is 94.5 cm³/mol. The molecule has 116 valence electrons. The van der Waals surface area contributed by atoms with Crippen molar-refractivity contribution in [2.45, 2.75) is 83.5 Å². The summed E-state index contributed by atoms with van der Waals surface area (Å²) in [6.07, 6.45) is 19.5. The van der Waals surface area contributed by atoms with Crippen molar-refractivity contribution in [3.05, 3.63) is 21.9 Å². The zero-order chi connectivity index (χ0) is 14.2. The normalized spacial score (nSPS) is 29.7. The minimum absolute atomic E-state index is 0.975. The molecule has 0 atom stereocenters. The molecular formula is C20H32Si. The monoisotopic (exact) mass is 300 g/mol. The van der Waals surface area contributed by atoms with Crippen LogP contribution in [0.1, 0.15) is 83.5 Å². The molecule has 0 aliphatic heterocycles. The van der Waals surface area contributed by atoms with Gasteiger partial charge in [0.15, 0.2) is 0 Å². The third-order valence-corrected chi connectivity index (χ3v) is 7.82. The van der Waals surface area contributed by atoms with Crippen LogP contribution in [0.3, 0.4) is 0 Å². The highest BCUT2D eigenvalue weighted by atomic mass is 28.1. The van der Waals surface area contributed by atoms with E-state index in [9.17, 15) is 0 Å². The van der Waals surface area contributed by atoms with E-state index < -0.39 is 0 Å². The Morgan fingerprint density at radius 3 is 1.52 bits per heavy atom. The van der Waals surface area contributed by atoms with E-state index in [-0.39, 0.29) is 0 Å². The first-order valence-corrected chi connectivity index (χ1v) is 10.8. The van der Waals surface area contributed by atoms with Crippen molar-refractivity contribution < 1.29 is 0 Å². The summed E-state index contributed by atoms with van der Waals surface area (Å²) in [5.41, 5.74) is 5.93. The van der Waals surface area contributed by atoms with Crippen LogP contribution < -0.4 is 0 Å². The maximum atomic E-state index is 1.98. The lowest BCUT2D eigenvalue weighted by Gasteiger charge is -2.25. The number of hydrogen-bond acceptors (Lipinski definition) is 0. The van der Waals surface area contributed by atoms with Gasteiger partial charge in [0.05, 0.1) is 0 Å². The molecule has 4 rings (SSSR count). The van der Waals surface area contributed by atoms with Crippen molar-refractivity contribution in [3.8, 4) is 0 Å². The molecule has 1 heteroatoms. The summed E-state index contributed by atoms with van der Waals surface area (Å²) >= 11 is 0. The summed E-state index contributed by atoms with van der Waals surface area (Å²) in [7, 11) is 1.33. The standard InChI is InChI=1S/C20H32Si/c21-18-13-17(14-7-1-2-8-14)19(15-9-3-4-10-15)20(18)16-11-5-6-12-16/h14-16H,1-13H2,21H3. The first-order chi connectivity index (χ1) is 10.3. The van der Waals surface area contributed by atoms with Gasteiger partial charge in [0.2, 0.25) is 0 Å². The van der Waals surface area contributed by atoms with Crippen molar-refractivity contribution >= 4 is 10.2 Å². The van der Waals surface area contributed by atoms with Gasteiger partial charge in [0.1, 0.15) is 0 Å². The maximum absolute atomic E-state index is 1.98. The van der Waals surface area contributed by atoms with Gasteiger partial charge < -0.3 is 0 Å². The molecule has 0 bridgehead atoms. The van der Waals surface area contributed by atoms with Crippen molar-refractivity contribution in [2.75, 3.05) is 0 Å². The highest BCUT2D eigenvalue weighted by Crippen LogP contribution is 2.52. The zero-order valence-electron chi connectivity index (χ0n) is 13.9. The summed E-state index contributed by atoms with van der Waals surface area (Å²) in [4.78, 5) is 0. The minimum Gasteiger partial charge on any atom is -0.0841 e. The Labute approximate surface area is 133 Å². The Kier molecular flexibility index (Phi) is 4.13. The van der Waals surface area contributed by atoms with Crippen molar-refractivity contribution in [3.63, 3.8) is 0 Å². The number of hydrogen-bond donors (Lipinski definition) is 0. The van der Waals surface area contributed by atoms with E-state index >= 15 is 0 Å². The number of rotatable bonds is 3. The molecular weight excluding hydrogens is 268 g/mol. The van der Waals surface area contributed by atoms with E-state index in [0.29, 0.717) is 0 Å². The van der Waals surface area contributed by atoms with Gasteiger partial charge in [-0.2, -0.15) is 0 Å². The molecule has 0 heterocycles. The summed E-state index contributed by atoms with van der Waals surface area (Å²) in [5, 5.41) is 1.92. The van der Waals surface area contributed by atoms with Crippen LogP contribution in [0.5, 0.6) is 0 Å². The molecule has 3 saturated carbocycles. The summed E-state index contributed by atoms with van der Waals surface area (Å²) in [5.74, 6) is 2.94. The predicted octanol–water partition coefficient (Wildman–Crippen LogP) is 4.88. The van der Waals surface area contributed by atoms with Gasteiger partial charge in [0, 0.05) is 10.2 Å². The van der Waals surface area contributed by atoms with Crippen molar-refractivity contribution in [1.82, 2.24) is 0 Å². The van der Waals surface area contributed by atoms with E-state index in [4.69, 9.17) is 0 Å². The third-order valence-electron chi connectivity index (χ3n) is 6.93. The first kappa shape index (κ1) is 14.3. The van der Waals surface area contributed by atoms with E-state index in [0.717, 1.165) is 17.8 Å². The smallest absolute Gasteiger partial charge is 0.0341 e. The molecule has 0 nitrogen and oxygen atoms in total. The molecule has 0 amide bonds. The van der Waals surface area contributed by atoms with Crippen LogP contribution in [0, 0.1) is 17.8 Å². The molecule has 0 N–H and O–H groups in total. The summed E-state index contributed by atoms with van der Waals surface area (Å²) in [6, 6.07) is 0. The molecule has 0 aromatic rings. The minimum atomic E-state index is 0.975. The summed E-state index contributed by atoms with van der Waals surface area (Å²) < 4.78 is 0. The average molecular weight is 301 g/mol. The van der Waals surface area contributed by atoms with Crippen LogP contribution in [0.4, 0.5) is 0 Å². The number of allylic oxidation sites excluding steroid dienone is 4. The lowest BCUT2D eigenvalue weighted by Crippen LogP contribution is -2.11. The molecule has 3 fully saturated rings. The van der Waals surface area contributed by atoms with E-state index in [2.05, 4.69) is 0 Å². The molecule has 4 aliphatic carbocycles. The maximum Gasteiger partial charge on any atom is 0.0341 e. The second-order valence-electron chi connectivity index (χ2n) is 8.25. The molecule has 0 radical (unpaired) electrons. The Balaban J connectivity index is 1.70. The quantitative estimate of drug-likeness (QED) is 0.652. The van der Waals surface area contributed by atoms with Crippen molar-refractivity contribution in [2.24, 2.45) is 17.8 Å². The first-order valence-electron chi connectivity index (χ1n) is 9.77.